The molecule has 6 heteroatoms. The molecule has 2 N–H and O–H groups in total. The van der Waals surface area contributed by atoms with E-state index in [1.165, 1.54) is 0 Å². The Morgan fingerprint density at radius 3 is 2.62 bits per heavy atom. The largest absolute Gasteiger partial charge is 0.284 e. The van der Waals surface area contributed by atoms with Crippen molar-refractivity contribution in [3.8, 4) is 11.3 Å². The Morgan fingerprint density at radius 2 is 2.00 bits per heavy atom. The molecular weight excluding hydrogens is 286 g/mol. The van der Waals surface area contributed by atoms with Crippen LogP contribution < -0.4 is 4.72 Å². The fraction of sp³-hybridized carbons (Fsp3) is 0.400. The Morgan fingerprint density at radius 1 is 1.24 bits per heavy atom. The average Bonchev–Trinajstić information content (AvgIpc) is 2.89. The summed E-state index contributed by atoms with van der Waals surface area (Å²) in [6.45, 7) is 6.09. The van der Waals surface area contributed by atoms with E-state index in [9.17, 15) is 8.42 Å². The maximum absolute atomic E-state index is 12.1. The van der Waals surface area contributed by atoms with Crippen LogP contribution in [0.3, 0.4) is 0 Å². The molecule has 21 heavy (non-hydrogen) atoms. The van der Waals surface area contributed by atoms with E-state index >= 15 is 0 Å². The van der Waals surface area contributed by atoms with E-state index in [2.05, 4.69) is 14.9 Å². The molecule has 0 fully saturated rings. The van der Waals surface area contributed by atoms with Crippen molar-refractivity contribution in [1.29, 1.82) is 0 Å². The van der Waals surface area contributed by atoms with Gasteiger partial charge < -0.3 is 0 Å². The van der Waals surface area contributed by atoms with Gasteiger partial charge in [0.25, 0.3) is 0 Å². The van der Waals surface area contributed by atoms with Crippen LogP contribution in [0.15, 0.2) is 36.5 Å². The van der Waals surface area contributed by atoms with Crippen molar-refractivity contribution >= 4 is 15.7 Å². The van der Waals surface area contributed by atoms with Gasteiger partial charge >= 0.3 is 0 Å². The van der Waals surface area contributed by atoms with Gasteiger partial charge in [0, 0.05) is 17.4 Å². The van der Waals surface area contributed by atoms with Crippen LogP contribution in [0.25, 0.3) is 11.3 Å². The lowest BCUT2D eigenvalue weighted by atomic mass is 9.94. The Kier molecular flexibility index (Phi) is 4.37. The number of nitrogens with zero attached hydrogens (tertiary/aromatic N) is 1. The molecule has 1 heterocycles. The molecule has 0 saturated heterocycles. The monoisotopic (exact) mass is 307 g/mol. The SMILES string of the molecule is CC(C)(C)CCS(=O)(=O)Nc1cccc(-c2ccn[nH]2)c1. The van der Waals surface area contributed by atoms with Crippen molar-refractivity contribution in [1.82, 2.24) is 10.2 Å². The van der Waals surface area contributed by atoms with E-state index in [4.69, 9.17) is 0 Å². The minimum absolute atomic E-state index is 0.00742. The third-order valence-corrected chi connectivity index (χ3v) is 4.36. The summed E-state index contributed by atoms with van der Waals surface area (Å²) in [5.74, 6) is 0.116. The van der Waals surface area contributed by atoms with Crippen molar-refractivity contribution in [2.45, 2.75) is 27.2 Å². The lowest BCUT2D eigenvalue weighted by Crippen LogP contribution is -2.20. The van der Waals surface area contributed by atoms with Gasteiger partial charge in [-0.3, -0.25) is 9.82 Å². The molecule has 0 unspecified atom stereocenters. The van der Waals surface area contributed by atoms with E-state index in [1.54, 1.807) is 18.3 Å². The van der Waals surface area contributed by atoms with Gasteiger partial charge in [0.05, 0.1) is 11.4 Å². The van der Waals surface area contributed by atoms with Crippen LogP contribution in [0.2, 0.25) is 0 Å². The van der Waals surface area contributed by atoms with Gasteiger partial charge in [-0.1, -0.05) is 32.9 Å². The fourth-order valence-corrected chi connectivity index (χ4v) is 3.31. The molecule has 0 radical (unpaired) electrons. The number of aromatic amines is 1. The zero-order chi connectivity index (χ0) is 15.5. The summed E-state index contributed by atoms with van der Waals surface area (Å²) in [6.07, 6.45) is 2.28. The second-order valence-corrected chi connectivity index (χ2v) is 8.12. The van der Waals surface area contributed by atoms with Crippen molar-refractivity contribution in [3.63, 3.8) is 0 Å². The number of benzene rings is 1. The van der Waals surface area contributed by atoms with Crippen LogP contribution >= 0.6 is 0 Å². The third kappa shape index (κ3) is 4.90. The van der Waals surface area contributed by atoms with Gasteiger partial charge in [0.1, 0.15) is 0 Å². The van der Waals surface area contributed by atoms with Crippen LogP contribution in [-0.2, 0) is 10.0 Å². The molecule has 0 spiro atoms. The molecule has 1 aromatic heterocycles. The minimum Gasteiger partial charge on any atom is -0.284 e. The number of nitrogens with one attached hydrogen (secondary N) is 2. The highest BCUT2D eigenvalue weighted by atomic mass is 32.2. The lowest BCUT2D eigenvalue weighted by Gasteiger charge is -2.18. The lowest BCUT2D eigenvalue weighted by molar-refractivity contribution is 0.397. The molecule has 0 atom stereocenters. The van der Waals surface area contributed by atoms with Crippen molar-refractivity contribution in [2.75, 3.05) is 10.5 Å². The Balaban J connectivity index is 2.11. The average molecular weight is 307 g/mol. The maximum Gasteiger partial charge on any atom is 0.232 e. The molecule has 0 bridgehead atoms. The van der Waals surface area contributed by atoms with E-state index in [-0.39, 0.29) is 11.2 Å². The first kappa shape index (κ1) is 15.6. The maximum atomic E-state index is 12.1. The molecule has 2 rings (SSSR count). The molecule has 5 nitrogen and oxygen atoms in total. The molecule has 0 saturated carbocycles. The molecule has 0 aliphatic carbocycles. The summed E-state index contributed by atoms with van der Waals surface area (Å²) in [7, 11) is -3.33. The summed E-state index contributed by atoms with van der Waals surface area (Å²) < 4.78 is 26.9. The van der Waals surface area contributed by atoms with Crippen LogP contribution in [0.5, 0.6) is 0 Å². The number of hydrogen-bond acceptors (Lipinski definition) is 3. The molecule has 2 aromatic rings. The van der Waals surface area contributed by atoms with E-state index in [0.29, 0.717) is 12.1 Å². The molecule has 0 aliphatic heterocycles. The number of sulfonamides is 1. The van der Waals surface area contributed by atoms with Gasteiger partial charge in [-0.15, -0.1) is 0 Å². The predicted molar refractivity (Wildman–Crippen MR) is 85.5 cm³/mol. The van der Waals surface area contributed by atoms with Crippen molar-refractivity contribution in [2.24, 2.45) is 5.41 Å². The Bertz CT molecular complexity index is 686. The quantitative estimate of drug-likeness (QED) is 0.890. The topological polar surface area (TPSA) is 74.8 Å². The minimum atomic E-state index is -3.33. The van der Waals surface area contributed by atoms with Gasteiger partial charge in [-0.05, 0) is 30.0 Å². The van der Waals surface area contributed by atoms with Crippen molar-refractivity contribution < 1.29 is 8.42 Å². The van der Waals surface area contributed by atoms with Gasteiger partial charge in [-0.2, -0.15) is 5.10 Å². The van der Waals surface area contributed by atoms with Gasteiger partial charge in [-0.25, -0.2) is 8.42 Å². The standard InChI is InChI=1S/C15H21N3O2S/c1-15(2,3)8-10-21(19,20)18-13-6-4-5-12(11-13)14-7-9-16-17-14/h4-7,9,11,18H,8,10H2,1-3H3,(H,16,17). The van der Waals surface area contributed by atoms with E-state index < -0.39 is 10.0 Å². The summed E-state index contributed by atoms with van der Waals surface area (Å²) >= 11 is 0. The van der Waals surface area contributed by atoms with E-state index in [0.717, 1.165) is 11.3 Å². The van der Waals surface area contributed by atoms with Crippen molar-refractivity contribution in [3.05, 3.63) is 36.5 Å². The normalized spacial score (nSPS) is 12.3. The summed E-state index contributed by atoms with van der Waals surface area (Å²) in [6, 6.07) is 9.10. The zero-order valence-electron chi connectivity index (χ0n) is 12.6. The number of anilines is 1. The first-order valence-corrected chi connectivity index (χ1v) is 8.51. The van der Waals surface area contributed by atoms with Crippen LogP contribution in [0.1, 0.15) is 27.2 Å². The highest BCUT2D eigenvalue weighted by Gasteiger charge is 2.17. The predicted octanol–water partition coefficient (Wildman–Crippen LogP) is 3.25. The molecule has 114 valence electrons. The molecular formula is C15H21N3O2S. The third-order valence-electron chi connectivity index (χ3n) is 3.07. The highest BCUT2D eigenvalue weighted by molar-refractivity contribution is 7.92. The fourth-order valence-electron chi connectivity index (χ4n) is 1.84. The second-order valence-electron chi connectivity index (χ2n) is 6.28. The molecule has 0 aliphatic rings. The zero-order valence-corrected chi connectivity index (χ0v) is 13.4. The first-order chi connectivity index (χ1) is 9.75. The summed E-state index contributed by atoms with van der Waals surface area (Å²) in [4.78, 5) is 0. The summed E-state index contributed by atoms with van der Waals surface area (Å²) in [5.41, 5.74) is 2.30. The van der Waals surface area contributed by atoms with Crippen LogP contribution in [0.4, 0.5) is 5.69 Å². The number of hydrogen-bond donors (Lipinski definition) is 2. The number of rotatable bonds is 5. The molecule has 0 amide bonds. The van der Waals surface area contributed by atoms with Crippen LogP contribution in [0, 0.1) is 5.41 Å². The van der Waals surface area contributed by atoms with Crippen LogP contribution in [-0.4, -0.2) is 24.4 Å². The summed E-state index contributed by atoms with van der Waals surface area (Å²) in [5, 5.41) is 6.76. The molecule has 1 aromatic carbocycles. The van der Waals surface area contributed by atoms with Gasteiger partial charge in [0.2, 0.25) is 10.0 Å². The smallest absolute Gasteiger partial charge is 0.232 e. The Hall–Kier alpha value is -1.82. The number of H-pyrrole nitrogens is 1. The van der Waals surface area contributed by atoms with Gasteiger partial charge in [0.15, 0.2) is 0 Å². The second kappa shape index (κ2) is 5.89. The first-order valence-electron chi connectivity index (χ1n) is 6.85. The number of aromatic nitrogens is 2. The van der Waals surface area contributed by atoms with E-state index in [1.807, 2.05) is 39.0 Å². The highest BCUT2D eigenvalue weighted by Crippen LogP contribution is 2.23. The Labute approximate surface area is 125 Å².